The van der Waals surface area contributed by atoms with E-state index in [0.717, 1.165) is 10.2 Å². The van der Waals surface area contributed by atoms with Crippen molar-refractivity contribution in [2.45, 2.75) is 26.2 Å². The number of rotatable bonds is 5. The molecule has 0 aliphatic rings. The summed E-state index contributed by atoms with van der Waals surface area (Å²) < 4.78 is 11.4. The molecule has 1 atom stereocenters. The molecule has 3 nitrogen and oxygen atoms in total. The van der Waals surface area contributed by atoms with Crippen LogP contribution in [0.15, 0.2) is 22.7 Å². The van der Waals surface area contributed by atoms with Crippen molar-refractivity contribution < 1.29 is 9.47 Å². The Balaban J connectivity index is 2.75. The molecule has 16 heavy (non-hydrogen) atoms. The van der Waals surface area contributed by atoms with Crippen molar-refractivity contribution in [1.82, 2.24) is 0 Å². The second kappa shape index (κ2) is 6.23. The van der Waals surface area contributed by atoms with Crippen molar-refractivity contribution in [2.75, 3.05) is 19.5 Å². The normalized spacial score (nSPS) is 12.9. The predicted octanol–water partition coefficient (Wildman–Crippen LogP) is 3.18. The second-order valence-corrected chi connectivity index (χ2v) is 4.61. The first-order chi connectivity index (χ1) is 7.58. The fraction of sp³-hybridized carbons (Fsp3) is 0.500. The van der Waals surface area contributed by atoms with Crippen molar-refractivity contribution in [3.8, 4) is 0 Å². The molecule has 0 saturated carbocycles. The van der Waals surface area contributed by atoms with Crippen LogP contribution in [0, 0.1) is 6.92 Å². The Morgan fingerprint density at radius 1 is 1.25 bits per heavy atom. The van der Waals surface area contributed by atoms with Gasteiger partial charge >= 0.3 is 0 Å². The highest BCUT2D eigenvalue weighted by molar-refractivity contribution is 9.10. The Morgan fingerprint density at radius 3 is 2.44 bits per heavy atom. The molecule has 0 aliphatic carbocycles. The van der Waals surface area contributed by atoms with Crippen LogP contribution in [0.5, 0.6) is 0 Å². The predicted molar refractivity (Wildman–Crippen MR) is 69.8 cm³/mol. The first kappa shape index (κ1) is 13.5. The molecule has 1 aromatic carbocycles. The van der Waals surface area contributed by atoms with E-state index in [1.807, 2.05) is 13.0 Å². The molecule has 0 spiro atoms. The van der Waals surface area contributed by atoms with Crippen LogP contribution < -0.4 is 5.32 Å². The summed E-state index contributed by atoms with van der Waals surface area (Å²) in [4.78, 5) is 0. The minimum Gasteiger partial charge on any atom is -0.377 e. The molecule has 1 aromatic rings. The third-order valence-corrected chi connectivity index (χ3v) is 3.07. The summed E-state index contributed by atoms with van der Waals surface area (Å²) >= 11 is 3.51. The fourth-order valence-corrected chi connectivity index (χ4v) is 1.93. The summed E-state index contributed by atoms with van der Waals surface area (Å²) in [5.74, 6) is 0. The molecule has 1 N–H and O–H groups in total. The van der Waals surface area contributed by atoms with Crippen LogP contribution >= 0.6 is 15.9 Å². The maximum atomic E-state index is 5.20. The van der Waals surface area contributed by atoms with E-state index < -0.39 is 0 Å². The summed E-state index contributed by atoms with van der Waals surface area (Å²) in [6, 6.07) is 6.25. The smallest absolute Gasteiger partial charge is 0.176 e. The van der Waals surface area contributed by atoms with Gasteiger partial charge in [0.15, 0.2) is 6.29 Å². The van der Waals surface area contributed by atoms with E-state index in [1.54, 1.807) is 14.2 Å². The minimum absolute atomic E-state index is 0.0769. The van der Waals surface area contributed by atoms with Crippen LogP contribution in [-0.4, -0.2) is 26.6 Å². The molecule has 1 unspecified atom stereocenters. The molecule has 0 radical (unpaired) electrons. The highest BCUT2D eigenvalue weighted by Crippen LogP contribution is 2.24. The van der Waals surface area contributed by atoms with E-state index in [4.69, 9.17) is 9.47 Å². The summed E-state index contributed by atoms with van der Waals surface area (Å²) in [6.45, 7) is 4.08. The molecule has 0 saturated heterocycles. The van der Waals surface area contributed by atoms with Gasteiger partial charge in [-0.15, -0.1) is 0 Å². The van der Waals surface area contributed by atoms with Crippen molar-refractivity contribution >= 4 is 21.6 Å². The Labute approximate surface area is 105 Å². The average Bonchev–Trinajstić information content (AvgIpc) is 2.25. The van der Waals surface area contributed by atoms with Gasteiger partial charge in [0.1, 0.15) is 0 Å². The Kier molecular flexibility index (Phi) is 5.25. The van der Waals surface area contributed by atoms with E-state index in [1.165, 1.54) is 5.56 Å². The minimum atomic E-state index is -0.257. The number of aryl methyl sites for hydroxylation is 1. The monoisotopic (exact) mass is 287 g/mol. The lowest BCUT2D eigenvalue weighted by Crippen LogP contribution is -2.33. The largest absolute Gasteiger partial charge is 0.377 e. The van der Waals surface area contributed by atoms with Crippen LogP contribution in [0.4, 0.5) is 5.69 Å². The van der Waals surface area contributed by atoms with Gasteiger partial charge in [0.2, 0.25) is 0 Å². The van der Waals surface area contributed by atoms with E-state index >= 15 is 0 Å². The molecule has 0 bridgehead atoms. The fourth-order valence-electron chi connectivity index (χ4n) is 1.57. The maximum absolute atomic E-state index is 5.20. The SMILES string of the molecule is COC(OC)C(C)Nc1cc(C)ccc1Br. The molecule has 0 heterocycles. The van der Waals surface area contributed by atoms with E-state index in [9.17, 15) is 0 Å². The molecule has 90 valence electrons. The van der Waals surface area contributed by atoms with Crippen molar-refractivity contribution in [3.05, 3.63) is 28.2 Å². The van der Waals surface area contributed by atoms with Gasteiger partial charge in [0.25, 0.3) is 0 Å². The van der Waals surface area contributed by atoms with Crippen molar-refractivity contribution in [2.24, 2.45) is 0 Å². The molecule has 1 rings (SSSR count). The molecular weight excluding hydrogens is 270 g/mol. The molecule has 4 heteroatoms. The topological polar surface area (TPSA) is 30.5 Å². The summed E-state index contributed by atoms with van der Waals surface area (Å²) in [7, 11) is 3.27. The molecule has 0 aromatic heterocycles. The maximum Gasteiger partial charge on any atom is 0.176 e. The number of benzene rings is 1. The van der Waals surface area contributed by atoms with Crippen molar-refractivity contribution in [1.29, 1.82) is 0 Å². The van der Waals surface area contributed by atoms with Crippen LogP contribution in [-0.2, 0) is 9.47 Å². The number of anilines is 1. The standard InChI is InChI=1S/C12H18BrNO2/c1-8-5-6-10(13)11(7-8)14-9(2)12(15-3)16-4/h5-7,9,12,14H,1-4H3. The number of methoxy groups -OCH3 is 2. The lowest BCUT2D eigenvalue weighted by molar-refractivity contribution is -0.109. The molecular formula is C12H18BrNO2. The third kappa shape index (κ3) is 3.47. The van der Waals surface area contributed by atoms with Gasteiger partial charge in [-0.25, -0.2) is 0 Å². The van der Waals surface area contributed by atoms with Gasteiger partial charge in [0, 0.05) is 24.4 Å². The Bertz CT molecular complexity index is 340. The van der Waals surface area contributed by atoms with Crippen LogP contribution in [0.2, 0.25) is 0 Å². The lowest BCUT2D eigenvalue weighted by Gasteiger charge is -2.23. The van der Waals surface area contributed by atoms with Gasteiger partial charge in [-0.05, 0) is 47.5 Å². The first-order valence-electron chi connectivity index (χ1n) is 5.16. The number of halogens is 1. The summed E-state index contributed by atoms with van der Waals surface area (Å²) in [6.07, 6.45) is -0.257. The Hall–Kier alpha value is -0.580. The van der Waals surface area contributed by atoms with Crippen LogP contribution in [0.25, 0.3) is 0 Å². The first-order valence-corrected chi connectivity index (χ1v) is 5.96. The number of hydrogen-bond acceptors (Lipinski definition) is 3. The second-order valence-electron chi connectivity index (χ2n) is 3.76. The Morgan fingerprint density at radius 2 is 1.88 bits per heavy atom. The highest BCUT2D eigenvalue weighted by atomic mass is 79.9. The van der Waals surface area contributed by atoms with E-state index in [-0.39, 0.29) is 12.3 Å². The molecule has 0 aliphatic heterocycles. The average molecular weight is 288 g/mol. The molecule has 0 fully saturated rings. The summed E-state index contributed by atoms with van der Waals surface area (Å²) in [5.41, 5.74) is 2.26. The quantitative estimate of drug-likeness (QED) is 0.844. The van der Waals surface area contributed by atoms with Gasteiger partial charge in [0.05, 0.1) is 6.04 Å². The van der Waals surface area contributed by atoms with Crippen LogP contribution in [0.1, 0.15) is 12.5 Å². The van der Waals surface area contributed by atoms with Crippen molar-refractivity contribution in [3.63, 3.8) is 0 Å². The lowest BCUT2D eigenvalue weighted by atomic mass is 10.2. The van der Waals surface area contributed by atoms with E-state index in [2.05, 4.69) is 40.3 Å². The zero-order valence-corrected chi connectivity index (χ0v) is 11.7. The van der Waals surface area contributed by atoms with Gasteiger partial charge < -0.3 is 14.8 Å². The van der Waals surface area contributed by atoms with Crippen LogP contribution in [0.3, 0.4) is 0 Å². The number of hydrogen-bond donors (Lipinski definition) is 1. The molecule has 0 amide bonds. The zero-order valence-electron chi connectivity index (χ0n) is 10.1. The number of ether oxygens (including phenoxy) is 2. The van der Waals surface area contributed by atoms with Gasteiger partial charge in [-0.1, -0.05) is 6.07 Å². The number of nitrogens with one attached hydrogen (secondary N) is 1. The van der Waals surface area contributed by atoms with E-state index in [0.29, 0.717) is 0 Å². The summed E-state index contributed by atoms with van der Waals surface area (Å²) in [5, 5.41) is 3.36. The van der Waals surface area contributed by atoms with Gasteiger partial charge in [-0.3, -0.25) is 0 Å². The third-order valence-electron chi connectivity index (χ3n) is 2.38. The highest BCUT2D eigenvalue weighted by Gasteiger charge is 2.16. The zero-order chi connectivity index (χ0) is 12.1. The van der Waals surface area contributed by atoms with Gasteiger partial charge in [-0.2, -0.15) is 0 Å².